The third-order valence-electron chi connectivity index (χ3n) is 8.44. The molecule has 3 aliphatic rings. The molecule has 6 unspecified atom stereocenters. The summed E-state index contributed by atoms with van der Waals surface area (Å²) in [4.78, 5) is 12.5. The van der Waals surface area contributed by atoms with Crippen molar-refractivity contribution in [1.82, 2.24) is 10.6 Å². The molecule has 1 amide bonds. The first-order valence-electron chi connectivity index (χ1n) is 14.5. The molecular formula is C26H51N5O10. The maximum atomic E-state index is 12.5. The highest BCUT2D eigenvalue weighted by Gasteiger charge is 2.51. The second kappa shape index (κ2) is 15.1. The Morgan fingerprint density at radius 2 is 1.80 bits per heavy atom. The van der Waals surface area contributed by atoms with Gasteiger partial charge < -0.3 is 72.3 Å². The van der Waals surface area contributed by atoms with E-state index in [1.165, 1.54) is 6.92 Å². The van der Waals surface area contributed by atoms with Crippen molar-refractivity contribution >= 4 is 5.91 Å². The molecule has 1 saturated carbocycles. The molecule has 3 fully saturated rings. The molecular weight excluding hydrogens is 542 g/mol. The number of carbonyl (C=O) groups excluding carboxylic acids is 1. The summed E-state index contributed by atoms with van der Waals surface area (Å²) in [6.07, 6.45) is -7.29. The number of rotatable bonds is 12. The monoisotopic (exact) mass is 593 g/mol. The van der Waals surface area contributed by atoms with Crippen LogP contribution in [0.3, 0.4) is 0 Å². The minimum Gasteiger partial charge on any atom is -0.396 e. The van der Waals surface area contributed by atoms with Crippen LogP contribution in [0.5, 0.6) is 0 Å². The van der Waals surface area contributed by atoms with E-state index >= 15 is 0 Å². The number of hydrogen-bond acceptors (Lipinski definition) is 14. The Kier molecular flexibility index (Phi) is 12.7. The maximum absolute atomic E-state index is 12.5. The predicted octanol–water partition coefficient (Wildman–Crippen LogP) is -4.19. The van der Waals surface area contributed by atoms with E-state index in [2.05, 4.69) is 10.6 Å². The fourth-order valence-electron chi connectivity index (χ4n) is 5.35. The zero-order valence-corrected chi connectivity index (χ0v) is 24.2. The van der Waals surface area contributed by atoms with Crippen molar-refractivity contribution in [1.29, 1.82) is 0 Å². The van der Waals surface area contributed by atoms with E-state index in [0.29, 0.717) is 25.9 Å². The molecule has 240 valence electrons. The second-order valence-electron chi connectivity index (χ2n) is 12.1. The molecule has 2 heterocycles. The van der Waals surface area contributed by atoms with E-state index in [-0.39, 0.29) is 38.2 Å². The zero-order valence-electron chi connectivity index (χ0n) is 24.2. The number of nitrogens with two attached hydrogens (primary N) is 3. The van der Waals surface area contributed by atoms with Crippen molar-refractivity contribution in [3.8, 4) is 0 Å². The summed E-state index contributed by atoms with van der Waals surface area (Å²) < 4.78 is 23.9. The maximum Gasteiger partial charge on any atom is 0.250 e. The van der Waals surface area contributed by atoms with Gasteiger partial charge >= 0.3 is 0 Å². The highest BCUT2D eigenvalue weighted by Crippen LogP contribution is 2.34. The van der Waals surface area contributed by atoms with Crippen LogP contribution >= 0.6 is 0 Å². The van der Waals surface area contributed by atoms with Crippen molar-refractivity contribution in [3.05, 3.63) is 0 Å². The lowest BCUT2D eigenvalue weighted by Gasteiger charge is -2.48. The lowest BCUT2D eigenvalue weighted by molar-refractivity contribution is -0.314. The summed E-state index contributed by atoms with van der Waals surface area (Å²) in [6, 6.07) is -2.17. The lowest BCUT2D eigenvalue weighted by Crippen LogP contribution is -2.68. The molecule has 15 heteroatoms. The van der Waals surface area contributed by atoms with E-state index in [1.54, 1.807) is 6.92 Å². The van der Waals surface area contributed by atoms with Gasteiger partial charge in [0.25, 0.3) is 0 Å². The molecule has 2 saturated heterocycles. The number of aliphatic hydroxyl groups excluding tert-OH is 4. The van der Waals surface area contributed by atoms with Gasteiger partial charge in [0.1, 0.15) is 30.5 Å². The average Bonchev–Trinajstić information content (AvgIpc) is 2.93. The molecule has 15 nitrogen and oxygen atoms in total. The van der Waals surface area contributed by atoms with Crippen LogP contribution in [0.25, 0.3) is 0 Å². The molecule has 3 rings (SSSR count). The van der Waals surface area contributed by atoms with E-state index in [1.807, 2.05) is 6.92 Å². The quantitative estimate of drug-likeness (QED) is 0.103. The smallest absolute Gasteiger partial charge is 0.250 e. The van der Waals surface area contributed by atoms with Gasteiger partial charge in [-0.05, 0) is 38.6 Å². The van der Waals surface area contributed by atoms with Gasteiger partial charge in [0.05, 0.1) is 30.4 Å². The summed E-state index contributed by atoms with van der Waals surface area (Å²) in [5.41, 5.74) is 16.9. The first kappa shape index (κ1) is 34.4. The Bertz CT molecular complexity index is 828. The topological polar surface area (TPSA) is 257 Å². The van der Waals surface area contributed by atoms with Crippen molar-refractivity contribution in [2.24, 2.45) is 29.0 Å². The SMILES string of the molecule is C[C@@H](CO)CNC[C@@H]1CCC(N)[C@@H](OC2C(O)C(O[C@H]3OCC(C)(O)[C@H](C)C3O)[C@H](NC(=O)[C@@H](O)CN)C[C@@H]2N)O1. The molecule has 0 spiro atoms. The van der Waals surface area contributed by atoms with Crippen LogP contribution in [0.2, 0.25) is 0 Å². The molecule has 41 heavy (non-hydrogen) atoms. The van der Waals surface area contributed by atoms with Gasteiger partial charge in [0.2, 0.25) is 5.91 Å². The van der Waals surface area contributed by atoms with Gasteiger partial charge in [-0.3, -0.25) is 4.79 Å². The molecule has 0 bridgehead atoms. The van der Waals surface area contributed by atoms with Gasteiger partial charge in [-0.2, -0.15) is 0 Å². The molecule has 0 aromatic heterocycles. The van der Waals surface area contributed by atoms with Crippen LogP contribution in [-0.2, 0) is 23.7 Å². The number of ether oxygens (including phenoxy) is 4. The van der Waals surface area contributed by atoms with Crippen LogP contribution < -0.4 is 27.8 Å². The number of nitrogens with one attached hydrogen (secondary N) is 2. The molecule has 13 N–H and O–H groups in total. The molecule has 0 aromatic rings. The Balaban J connectivity index is 1.73. The summed E-state index contributed by atoms with van der Waals surface area (Å²) in [7, 11) is 0. The Labute approximate surface area is 241 Å². The van der Waals surface area contributed by atoms with Crippen LogP contribution in [0.15, 0.2) is 0 Å². The summed E-state index contributed by atoms with van der Waals surface area (Å²) in [6.45, 7) is 5.89. The van der Waals surface area contributed by atoms with Gasteiger partial charge in [0, 0.05) is 31.7 Å². The van der Waals surface area contributed by atoms with E-state index < -0.39 is 78.7 Å². The predicted molar refractivity (Wildman–Crippen MR) is 146 cm³/mol. The fourth-order valence-corrected chi connectivity index (χ4v) is 5.35. The minimum atomic E-state index is -1.48. The largest absolute Gasteiger partial charge is 0.396 e. The summed E-state index contributed by atoms with van der Waals surface area (Å²) >= 11 is 0. The van der Waals surface area contributed by atoms with Crippen LogP contribution in [0.1, 0.15) is 40.0 Å². The number of amides is 1. The average molecular weight is 594 g/mol. The first-order chi connectivity index (χ1) is 19.3. The van der Waals surface area contributed by atoms with Crippen molar-refractivity contribution in [2.75, 3.05) is 32.8 Å². The Hall–Kier alpha value is -1.05. The lowest BCUT2D eigenvalue weighted by atomic mass is 9.82. The van der Waals surface area contributed by atoms with Gasteiger partial charge in [0.15, 0.2) is 12.6 Å². The fraction of sp³-hybridized carbons (Fsp3) is 0.962. The van der Waals surface area contributed by atoms with E-state index in [0.717, 1.165) is 0 Å². The standard InChI is InChI=1S/C26H51N5O10/c1-12(10-32)8-30-9-14-4-5-15(28)24(39-14)40-21-16(29)6-17(31-23(36)18(33)7-27)22(20(21)35)41-25-19(34)13(2)26(3,37)11-38-25/h12-22,24-25,30,32-35,37H,4-11,27-29H2,1-3H3,(H,31,36)/t12-,13-,14+,15?,16+,17-,18+,19?,20?,21?,22?,24-,25-,26?/m1/s1. The minimum absolute atomic E-state index is 0.0730. The van der Waals surface area contributed by atoms with E-state index in [9.17, 15) is 30.3 Å². The Morgan fingerprint density at radius 1 is 1.12 bits per heavy atom. The van der Waals surface area contributed by atoms with E-state index in [4.69, 9.17) is 36.1 Å². The highest BCUT2D eigenvalue weighted by atomic mass is 16.7. The Morgan fingerprint density at radius 3 is 2.46 bits per heavy atom. The molecule has 0 aromatic carbocycles. The van der Waals surface area contributed by atoms with Gasteiger partial charge in [-0.1, -0.05) is 13.8 Å². The second-order valence-corrected chi connectivity index (χ2v) is 12.1. The normalized spacial score (nSPS) is 43.3. The molecule has 14 atom stereocenters. The molecule has 2 aliphatic heterocycles. The van der Waals surface area contributed by atoms with Gasteiger partial charge in [-0.15, -0.1) is 0 Å². The molecule has 1 aliphatic carbocycles. The number of carbonyl (C=O) groups is 1. The van der Waals surface area contributed by atoms with Crippen LogP contribution in [0.4, 0.5) is 0 Å². The molecule has 0 radical (unpaired) electrons. The zero-order chi connectivity index (χ0) is 30.5. The number of aliphatic hydroxyl groups is 5. The van der Waals surface area contributed by atoms with Crippen LogP contribution in [-0.4, -0.2) is 137 Å². The first-order valence-corrected chi connectivity index (χ1v) is 14.5. The van der Waals surface area contributed by atoms with Crippen molar-refractivity contribution < 1.29 is 49.3 Å². The van der Waals surface area contributed by atoms with Crippen LogP contribution in [0, 0.1) is 11.8 Å². The van der Waals surface area contributed by atoms with Crippen molar-refractivity contribution in [2.45, 2.75) is 113 Å². The number of hydrogen-bond donors (Lipinski definition) is 10. The van der Waals surface area contributed by atoms with Crippen molar-refractivity contribution in [3.63, 3.8) is 0 Å². The van der Waals surface area contributed by atoms with Gasteiger partial charge in [-0.25, -0.2) is 0 Å². The summed E-state index contributed by atoms with van der Waals surface area (Å²) in [5, 5.41) is 57.8. The third-order valence-corrected chi connectivity index (χ3v) is 8.44. The highest BCUT2D eigenvalue weighted by molar-refractivity contribution is 5.81. The summed E-state index contributed by atoms with van der Waals surface area (Å²) in [5.74, 6) is -1.29. The third kappa shape index (κ3) is 8.75.